The highest BCUT2D eigenvalue weighted by molar-refractivity contribution is 7.91. The van der Waals surface area contributed by atoms with Gasteiger partial charge in [0, 0.05) is 0 Å². The molecule has 0 radical (unpaired) electrons. The van der Waals surface area contributed by atoms with Crippen LogP contribution in [-0.4, -0.2) is 23.6 Å². The second-order valence-electron chi connectivity index (χ2n) is 3.75. The Morgan fingerprint density at radius 1 is 1.00 bits per heavy atom. The first-order valence-electron chi connectivity index (χ1n) is 5.12. The lowest BCUT2D eigenvalue weighted by Crippen LogP contribution is -2.08. The van der Waals surface area contributed by atoms with E-state index in [9.17, 15) is 18.6 Å². The molecule has 0 atom stereocenters. The van der Waals surface area contributed by atoms with E-state index in [1.807, 2.05) is 0 Å². The topological polar surface area (TPSA) is 140 Å². The van der Waals surface area contributed by atoms with Crippen molar-refractivity contribution in [2.24, 2.45) is 0 Å². The molecule has 2 aromatic rings. The number of anilines is 2. The number of aromatic hydroxyl groups is 2. The van der Waals surface area contributed by atoms with Gasteiger partial charge in [-0.15, -0.1) is 0 Å². The van der Waals surface area contributed by atoms with Gasteiger partial charge in [-0.05, 0) is 24.3 Å². The van der Waals surface area contributed by atoms with E-state index < -0.39 is 26.2 Å². The summed E-state index contributed by atoms with van der Waals surface area (Å²) in [6.07, 6.45) is 0. The van der Waals surface area contributed by atoms with Crippen molar-refractivity contribution in [3.05, 3.63) is 30.3 Å². The third-order valence-corrected chi connectivity index (χ3v) is 4.30. The summed E-state index contributed by atoms with van der Waals surface area (Å²) < 4.78 is 24.6. The van der Waals surface area contributed by atoms with E-state index in [1.54, 1.807) is 0 Å². The summed E-state index contributed by atoms with van der Waals surface area (Å²) in [7, 11) is -4.09. The second kappa shape index (κ2) is 4.32. The van der Waals surface area contributed by atoms with Crippen LogP contribution < -0.4 is 11.5 Å². The summed E-state index contributed by atoms with van der Waals surface area (Å²) in [5, 5.41) is 19.0. The Hall–Kier alpha value is -2.48. The molecule has 1 aromatic carbocycles. The molecule has 0 bridgehead atoms. The maximum atomic E-state index is 12.3. The zero-order valence-electron chi connectivity index (χ0n) is 9.61. The predicted octanol–water partition coefficient (Wildman–Crippen LogP) is 0.490. The van der Waals surface area contributed by atoms with Gasteiger partial charge >= 0.3 is 0 Å². The molecule has 0 amide bonds. The van der Waals surface area contributed by atoms with E-state index in [0.717, 1.165) is 6.07 Å². The quantitative estimate of drug-likeness (QED) is 0.587. The number of benzene rings is 1. The van der Waals surface area contributed by atoms with Crippen LogP contribution in [0.2, 0.25) is 0 Å². The van der Waals surface area contributed by atoms with Crippen molar-refractivity contribution in [3.8, 4) is 11.5 Å². The molecular formula is C11H11N3O4S. The Labute approximate surface area is 109 Å². The number of hydrogen-bond acceptors (Lipinski definition) is 7. The molecule has 0 saturated heterocycles. The molecule has 0 aliphatic heterocycles. The van der Waals surface area contributed by atoms with Crippen LogP contribution in [0.5, 0.6) is 11.5 Å². The molecule has 2 rings (SSSR count). The summed E-state index contributed by atoms with van der Waals surface area (Å²) in [5.74, 6) is -1.47. The Kier molecular flexibility index (Phi) is 2.95. The van der Waals surface area contributed by atoms with Gasteiger partial charge in [0.25, 0.3) is 0 Å². The molecular weight excluding hydrogens is 270 g/mol. The fourth-order valence-corrected chi connectivity index (χ4v) is 2.97. The van der Waals surface area contributed by atoms with Crippen LogP contribution in [0, 0.1) is 0 Å². The average molecular weight is 281 g/mol. The zero-order valence-corrected chi connectivity index (χ0v) is 10.4. The van der Waals surface area contributed by atoms with Gasteiger partial charge in [-0.25, -0.2) is 13.4 Å². The number of hydrogen-bond donors (Lipinski definition) is 4. The fourth-order valence-electron chi connectivity index (χ4n) is 1.55. The van der Waals surface area contributed by atoms with Crippen molar-refractivity contribution in [1.29, 1.82) is 0 Å². The number of nitrogen functional groups attached to an aromatic ring is 2. The van der Waals surface area contributed by atoms with Crippen molar-refractivity contribution in [1.82, 2.24) is 4.98 Å². The number of pyridine rings is 1. The minimum absolute atomic E-state index is 0.0802. The molecule has 7 nitrogen and oxygen atoms in total. The number of nitrogens with two attached hydrogens (primary N) is 2. The molecule has 6 N–H and O–H groups in total. The first-order chi connectivity index (χ1) is 8.84. The van der Waals surface area contributed by atoms with Gasteiger partial charge in [-0.3, -0.25) is 0 Å². The Morgan fingerprint density at radius 2 is 1.68 bits per heavy atom. The number of phenolic OH excluding ortho intramolecular Hbond substituents is 2. The lowest BCUT2D eigenvalue weighted by Gasteiger charge is -2.09. The SMILES string of the molecule is Nc1ccc(S(=O)(=O)c2cccc(O)c2O)c(N)n1. The van der Waals surface area contributed by atoms with Crippen LogP contribution >= 0.6 is 0 Å². The normalized spacial score (nSPS) is 11.4. The molecule has 0 saturated carbocycles. The number of rotatable bonds is 2. The van der Waals surface area contributed by atoms with Gasteiger partial charge in [0.1, 0.15) is 21.4 Å². The minimum Gasteiger partial charge on any atom is -0.504 e. The highest BCUT2D eigenvalue weighted by atomic mass is 32.2. The van der Waals surface area contributed by atoms with Gasteiger partial charge in [0.15, 0.2) is 11.5 Å². The van der Waals surface area contributed by atoms with Gasteiger partial charge in [-0.1, -0.05) is 6.07 Å². The van der Waals surface area contributed by atoms with Gasteiger partial charge in [0.2, 0.25) is 9.84 Å². The van der Waals surface area contributed by atoms with Crippen molar-refractivity contribution >= 4 is 21.5 Å². The Morgan fingerprint density at radius 3 is 2.32 bits per heavy atom. The van der Waals surface area contributed by atoms with Crippen LogP contribution in [0.4, 0.5) is 11.6 Å². The molecule has 0 aliphatic rings. The number of aromatic nitrogens is 1. The largest absolute Gasteiger partial charge is 0.504 e. The Bertz CT molecular complexity index is 744. The fraction of sp³-hybridized carbons (Fsp3) is 0. The highest BCUT2D eigenvalue weighted by Crippen LogP contribution is 2.36. The molecule has 1 heterocycles. The zero-order chi connectivity index (χ0) is 14.2. The average Bonchev–Trinajstić information content (AvgIpc) is 2.31. The van der Waals surface area contributed by atoms with Crippen molar-refractivity contribution in [2.45, 2.75) is 9.79 Å². The number of phenols is 2. The monoisotopic (exact) mass is 281 g/mol. The summed E-state index contributed by atoms with van der Waals surface area (Å²) in [5.41, 5.74) is 10.9. The maximum absolute atomic E-state index is 12.3. The molecule has 0 spiro atoms. The summed E-state index contributed by atoms with van der Waals surface area (Å²) in [6, 6.07) is 6.08. The second-order valence-corrected chi connectivity index (χ2v) is 5.63. The van der Waals surface area contributed by atoms with E-state index in [4.69, 9.17) is 11.5 Å². The number of nitrogens with zero attached hydrogens (tertiary/aromatic N) is 1. The van der Waals surface area contributed by atoms with Gasteiger partial charge in [0.05, 0.1) is 0 Å². The number of para-hydroxylation sites is 1. The van der Waals surface area contributed by atoms with Crippen LogP contribution in [-0.2, 0) is 9.84 Å². The van der Waals surface area contributed by atoms with Gasteiger partial charge < -0.3 is 21.7 Å². The predicted molar refractivity (Wildman–Crippen MR) is 68.3 cm³/mol. The first-order valence-corrected chi connectivity index (χ1v) is 6.60. The molecule has 19 heavy (non-hydrogen) atoms. The first kappa shape index (κ1) is 13.0. The molecule has 0 unspecified atom stereocenters. The third-order valence-electron chi connectivity index (χ3n) is 2.46. The van der Waals surface area contributed by atoms with Crippen LogP contribution in [0.3, 0.4) is 0 Å². The number of sulfone groups is 1. The lowest BCUT2D eigenvalue weighted by atomic mass is 10.3. The van der Waals surface area contributed by atoms with E-state index in [-0.39, 0.29) is 16.5 Å². The smallest absolute Gasteiger partial charge is 0.214 e. The third kappa shape index (κ3) is 2.13. The summed E-state index contributed by atoms with van der Waals surface area (Å²) in [6.45, 7) is 0. The van der Waals surface area contributed by atoms with E-state index in [0.29, 0.717) is 0 Å². The minimum atomic E-state index is -4.09. The molecule has 1 aromatic heterocycles. The van der Waals surface area contributed by atoms with E-state index in [2.05, 4.69) is 4.98 Å². The molecule has 0 fully saturated rings. The molecule has 0 aliphatic carbocycles. The standard InChI is InChI=1S/C11H11N3O4S/c12-9-5-4-8(11(13)14-9)19(17,18)7-3-1-2-6(15)10(7)16/h1-5,15-16H,(H4,12,13,14). The summed E-state index contributed by atoms with van der Waals surface area (Å²) >= 11 is 0. The van der Waals surface area contributed by atoms with E-state index in [1.165, 1.54) is 24.3 Å². The van der Waals surface area contributed by atoms with Crippen LogP contribution in [0.1, 0.15) is 0 Å². The molecule has 100 valence electrons. The molecule has 8 heteroatoms. The summed E-state index contributed by atoms with van der Waals surface area (Å²) in [4.78, 5) is 2.91. The van der Waals surface area contributed by atoms with Gasteiger partial charge in [-0.2, -0.15) is 0 Å². The van der Waals surface area contributed by atoms with Crippen molar-refractivity contribution in [3.63, 3.8) is 0 Å². The Balaban J connectivity index is 2.69. The van der Waals surface area contributed by atoms with E-state index >= 15 is 0 Å². The van der Waals surface area contributed by atoms with Crippen molar-refractivity contribution < 1.29 is 18.6 Å². The maximum Gasteiger partial charge on any atom is 0.214 e. The lowest BCUT2D eigenvalue weighted by molar-refractivity contribution is 0.393. The van der Waals surface area contributed by atoms with Crippen molar-refractivity contribution in [2.75, 3.05) is 11.5 Å². The highest BCUT2D eigenvalue weighted by Gasteiger charge is 2.25. The van der Waals surface area contributed by atoms with Crippen LogP contribution in [0.25, 0.3) is 0 Å². The van der Waals surface area contributed by atoms with Crippen LogP contribution in [0.15, 0.2) is 40.1 Å².